The molecule has 1 aliphatic carbocycles. The molecule has 1 saturated heterocycles. The molecule has 0 amide bonds. The number of ether oxygens (including phenoxy) is 1. The van der Waals surface area contributed by atoms with Crippen LogP contribution < -0.4 is 5.73 Å². The van der Waals surface area contributed by atoms with Gasteiger partial charge >= 0.3 is 5.97 Å². The number of aliphatic carboxylic acids is 1. The van der Waals surface area contributed by atoms with Crippen molar-refractivity contribution >= 4 is 5.97 Å². The van der Waals surface area contributed by atoms with Crippen LogP contribution in [0.15, 0.2) is 0 Å². The topological polar surface area (TPSA) is 72.6 Å². The molecule has 3 atom stereocenters. The van der Waals surface area contributed by atoms with E-state index in [1.54, 1.807) is 0 Å². The normalized spacial score (nSPS) is 46.1. The van der Waals surface area contributed by atoms with Gasteiger partial charge in [0.25, 0.3) is 0 Å². The van der Waals surface area contributed by atoms with Crippen LogP contribution >= 0.6 is 0 Å². The van der Waals surface area contributed by atoms with Gasteiger partial charge in [-0.05, 0) is 12.8 Å². The van der Waals surface area contributed by atoms with Gasteiger partial charge in [0.2, 0.25) is 0 Å². The van der Waals surface area contributed by atoms with Crippen molar-refractivity contribution in [2.75, 3.05) is 6.61 Å². The molecule has 0 aromatic rings. The van der Waals surface area contributed by atoms with Crippen LogP contribution in [0, 0.1) is 5.92 Å². The second kappa shape index (κ2) is 2.44. The van der Waals surface area contributed by atoms with Gasteiger partial charge in [0.15, 0.2) is 0 Å². The molecular weight excluding hydrogens is 158 g/mol. The maximum Gasteiger partial charge on any atom is 0.324 e. The standard InChI is InChI=1S/C8H13NO3/c9-8(7(10)11)4-6-5(8)2-1-3-12-6/h5-6H,1-4,9H2,(H,10,11)/t5-,6-,8+/m0/s1. The van der Waals surface area contributed by atoms with E-state index in [4.69, 9.17) is 15.6 Å². The molecule has 12 heavy (non-hydrogen) atoms. The summed E-state index contributed by atoms with van der Waals surface area (Å²) in [5, 5.41) is 8.85. The van der Waals surface area contributed by atoms with Crippen LogP contribution in [0.25, 0.3) is 0 Å². The third-order valence-electron chi connectivity index (χ3n) is 3.04. The second-order valence-electron chi connectivity index (χ2n) is 3.71. The number of carboxylic acids is 1. The highest BCUT2D eigenvalue weighted by Crippen LogP contribution is 2.44. The minimum Gasteiger partial charge on any atom is -0.480 e. The van der Waals surface area contributed by atoms with Gasteiger partial charge in [-0.25, -0.2) is 0 Å². The summed E-state index contributed by atoms with van der Waals surface area (Å²) in [5.74, 6) is -0.835. The SMILES string of the molecule is N[C@]1(C(=O)O)C[C@@H]2OCCC[C@@H]21. The molecule has 1 heterocycles. The predicted octanol–water partition coefficient (Wildman–Crippen LogP) is -0.0326. The summed E-state index contributed by atoms with van der Waals surface area (Å²) in [7, 11) is 0. The van der Waals surface area contributed by atoms with E-state index in [9.17, 15) is 4.79 Å². The summed E-state index contributed by atoms with van der Waals surface area (Å²) in [6.07, 6.45) is 2.42. The number of nitrogens with two attached hydrogens (primary N) is 1. The van der Waals surface area contributed by atoms with Crippen LogP contribution in [0.2, 0.25) is 0 Å². The number of fused-ring (bicyclic) bond motifs is 1. The van der Waals surface area contributed by atoms with E-state index in [1.807, 2.05) is 0 Å². The molecule has 1 saturated carbocycles. The fraction of sp³-hybridized carbons (Fsp3) is 0.875. The van der Waals surface area contributed by atoms with E-state index in [0.717, 1.165) is 19.4 Å². The number of hydrogen-bond donors (Lipinski definition) is 2. The second-order valence-corrected chi connectivity index (χ2v) is 3.71. The Hall–Kier alpha value is -0.610. The van der Waals surface area contributed by atoms with Gasteiger partial charge in [-0.1, -0.05) is 0 Å². The zero-order valence-corrected chi connectivity index (χ0v) is 6.82. The van der Waals surface area contributed by atoms with E-state index in [-0.39, 0.29) is 12.0 Å². The summed E-state index contributed by atoms with van der Waals surface area (Å²) >= 11 is 0. The molecule has 3 N–H and O–H groups in total. The minimum absolute atomic E-state index is 0.0451. The smallest absolute Gasteiger partial charge is 0.324 e. The van der Waals surface area contributed by atoms with Gasteiger partial charge in [0.05, 0.1) is 6.10 Å². The molecule has 0 aromatic carbocycles. The Balaban J connectivity index is 2.09. The van der Waals surface area contributed by atoms with Crippen LogP contribution in [0.5, 0.6) is 0 Å². The lowest BCUT2D eigenvalue weighted by molar-refractivity contribution is -0.175. The Morgan fingerprint density at radius 3 is 3.00 bits per heavy atom. The lowest BCUT2D eigenvalue weighted by Gasteiger charge is -2.51. The first-order valence-electron chi connectivity index (χ1n) is 4.28. The monoisotopic (exact) mass is 171 g/mol. The average Bonchev–Trinajstić information content (AvgIpc) is 2.02. The van der Waals surface area contributed by atoms with E-state index >= 15 is 0 Å². The highest BCUT2D eigenvalue weighted by Gasteiger charge is 2.57. The molecule has 4 heteroatoms. The molecular formula is C8H13NO3. The average molecular weight is 171 g/mol. The third kappa shape index (κ3) is 0.881. The Kier molecular flexibility index (Phi) is 1.63. The zero-order chi connectivity index (χ0) is 8.77. The molecule has 0 radical (unpaired) electrons. The van der Waals surface area contributed by atoms with Crippen molar-refractivity contribution in [3.63, 3.8) is 0 Å². The Labute approximate surface area is 70.7 Å². The molecule has 0 spiro atoms. The summed E-state index contributed by atoms with van der Waals surface area (Å²) in [4.78, 5) is 10.8. The maximum absolute atomic E-state index is 10.8. The van der Waals surface area contributed by atoms with Gasteiger partial charge in [0, 0.05) is 18.9 Å². The molecule has 2 aliphatic rings. The van der Waals surface area contributed by atoms with E-state index < -0.39 is 11.5 Å². The van der Waals surface area contributed by atoms with Crippen molar-refractivity contribution in [1.29, 1.82) is 0 Å². The summed E-state index contributed by atoms with van der Waals surface area (Å²) < 4.78 is 5.38. The van der Waals surface area contributed by atoms with E-state index in [1.165, 1.54) is 0 Å². The van der Waals surface area contributed by atoms with Gasteiger partial charge in [-0.15, -0.1) is 0 Å². The molecule has 2 fully saturated rings. The predicted molar refractivity (Wildman–Crippen MR) is 41.6 cm³/mol. The van der Waals surface area contributed by atoms with Crippen LogP contribution in [0.4, 0.5) is 0 Å². The van der Waals surface area contributed by atoms with Crippen LogP contribution in [0.1, 0.15) is 19.3 Å². The fourth-order valence-electron chi connectivity index (χ4n) is 2.20. The highest BCUT2D eigenvalue weighted by molar-refractivity contribution is 5.80. The van der Waals surface area contributed by atoms with E-state index in [2.05, 4.69) is 0 Å². The largest absolute Gasteiger partial charge is 0.480 e. The van der Waals surface area contributed by atoms with Crippen molar-refractivity contribution < 1.29 is 14.6 Å². The lowest BCUT2D eigenvalue weighted by atomic mass is 9.62. The van der Waals surface area contributed by atoms with E-state index in [0.29, 0.717) is 6.42 Å². The number of rotatable bonds is 1. The van der Waals surface area contributed by atoms with Crippen molar-refractivity contribution in [3.05, 3.63) is 0 Å². The van der Waals surface area contributed by atoms with Crippen LogP contribution in [0.3, 0.4) is 0 Å². The molecule has 0 bridgehead atoms. The zero-order valence-electron chi connectivity index (χ0n) is 6.82. The van der Waals surface area contributed by atoms with Crippen molar-refractivity contribution in [2.45, 2.75) is 30.9 Å². The lowest BCUT2D eigenvalue weighted by Crippen LogP contribution is -2.69. The first-order valence-corrected chi connectivity index (χ1v) is 4.28. The molecule has 4 nitrogen and oxygen atoms in total. The molecule has 2 rings (SSSR count). The summed E-state index contributed by atoms with van der Waals surface area (Å²) in [5.41, 5.74) is 4.73. The highest BCUT2D eigenvalue weighted by atomic mass is 16.5. The Morgan fingerprint density at radius 2 is 2.42 bits per heavy atom. The fourth-order valence-corrected chi connectivity index (χ4v) is 2.20. The van der Waals surface area contributed by atoms with Gasteiger partial charge in [0.1, 0.15) is 5.54 Å². The van der Waals surface area contributed by atoms with Crippen molar-refractivity contribution in [2.24, 2.45) is 11.7 Å². The Morgan fingerprint density at radius 1 is 1.67 bits per heavy atom. The van der Waals surface area contributed by atoms with Gasteiger partial charge in [-0.3, -0.25) is 4.79 Å². The van der Waals surface area contributed by atoms with Gasteiger partial charge in [-0.2, -0.15) is 0 Å². The maximum atomic E-state index is 10.8. The Bertz CT molecular complexity index is 218. The van der Waals surface area contributed by atoms with Crippen molar-refractivity contribution in [3.8, 4) is 0 Å². The minimum atomic E-state index is -0.995. The summed E-state index contributed by atoms with van der Waals surface area (Å²) in [6.45, 7) is 0.761. The number of carbonyl (C=O) groups is 1. The van der Waals surface area contributed by atoms with Crippen molar-refractivity contribution in [1.82, 2.24) is 0 Å². The first-order chi connectivity index (χ1) is 5.64. The number of carboxylic acid groups (broad SMARTS) is 1. The quantitative estimate of drug-likeness (QED) is 0.581. The molecule has 1 aliphatic heterocycles. The molecule has 0 unspecified atom stereocenters. The third-order valence-corrected chi connectivity index (χ3v) is 3.04. The van der Waals surface area contributed by atoms with Gasteiger partial charge < -0.3 is 15.6 Å². The van der Waals surface area contributed by atoms with Crippen LogP contribution in [-0.4, -0.2) is 29.3 Å². The molecule has 68 valence electrons. The van der Waals surface area contributed by atoms with Crippen LogP contribution in [-0.2, 0) is 9.53 Å². The molecule has 0 aromatic heterocycles. The number of hydrogen-bond acceptors (Lipinski definition) is 3. The first kappa shape index (κ1) is 8.01. The summed E-state index contributed by atoms with van der Waals surface area (Å²) in [6, 6.07) is 0.